The van der Waals surface area contributed by atoms with Crippen LogP contribution in [-0.4, -0.2) is 37.8 Å². The monoisotopic (exact) mass is 291 g/mol. The van der Waals surface area contributed by atoms with Gasteiger partial charge in [0.2, 0.25) is 5.95 Å². The third kappa shape index (κ3) is 2.47. The van der Waals surface area contributed by atoms with Crippen LogP contribution < -0.4 is 5.46 Å². The summed E-state index contributed by atoms with van der Waals surface area (Å²) < 4.78 is 50.8. The lowest BCUT2D eigenvalue weighted by Gasteiger charge is -2.32. The van der Waals surface area contributed by atoms with Crippen molar-refractivity contribution < 1.29 is 16.2 Å². The third-order valence-corrected chi connectivity index (χ3v) is 3.86. The van der Waals surface area contributed by atoms with Crippen LogP contribution in [0.2, 0.25) is 0 Å². The average Bonchev–Trinajstić information content (AvgIpc) is 2.92. The van der Waals surface area contributed by atoms with Crippen LogP contribution in [0.5, 0.6) is 0 Å². The number of aromatic nitrogens is 4. The Bertz CT molecular complexity index is 819. The molecule has 2 aromatic rings. The molecule has 3 rings (SSSR count). The molecule has 0 saturated carbocycles. The molecule has 110 valence electrons. The highest BCUT2D eigenvalue weighted by atomic mass is 16.7. The number of hydrogen-bond acceptors (Lipinski definition) is 5. The number of aryl methyl sites for hydroxylation is 1. The second-order valence-corrected chi connectivity index (χ2v) is 5.91. The van der Waals surface area contributed by atoms with E-state index < -0.39 is 43.3 Å². The summed E-state index contributed by atoms with van der Waals surface area (Å²) in [5.74, 6) is -0.0109. The predicted octanol–water partition coefficient (Wildman–Crippen LogP) is 1.27. The minimum Gasteiger partial charge on any atom is -0.399 e. The molecule has 7 heteroatoms. The molecule has 0 spiro atoms. The van der Waals surface area contributed by atoms with Crippen LogP contribution in [0, 0.1) is 6.85 Å². The highest BCUT2D eigenvalue weighted by Crippen LogP contribution is 2.36. The van der Waals surface area contributed by atoms with E-state index >= 15 is 0 Å². The lowest BCUT2D eigenvalue weighted by molar-refractivity contribution is 0.00578. The molecule has 1 fully saturated rings. The second-order valence-electron chi connectivity index (χ2n) is 5.91. The van der Waals surface area contributed by atoms with E-state index in [1.54, 1.807) is 0 Å². The molecule has 3 heterocycles. The molecule has 2 aromatic heterocycles. The molecular weight excluding hydrogens is 267 g/mol. The first kappa shape index (κ1) is 9.32. The van der Waals surface area contributed by atoms with Crippen LogP contribution in [0.4, 0.5) is 0 Å². The maximum Gasteiger partial charge on any atom is 0.498 e. The van der Waals surface area contributed by atoms with Crippen LogP contribution >= 0.6 is 0 Å². The van der Waals surface area contributed by atoms with E-state index in [0.717, 1.165) is 4.57 Å². The topological polar surface area (TPSA) is 62.1 Å². The SMILES string of the molecule is [2H]c1nc(C([2H])([2H])[2H])c([2H])n1-c1ncc(B2OC(C)(C)C(C)(C)O2)cn1. The Kier molecular flexibility index (Phi) is 2.06. The molecule has 0 atom stereocenters. The molecule has 0 aromatic carbocycles. The second kappa shape index (κ2) is 4.64. The molecule has 0 N–H and O–H groups in total. The van der Waals surface area contributed by atoms with Crippen LogP contribution in [0.15, 0.2) is 24.9 Å². The van der Waals surface area contributed by atoms with Crippen molar-refractivity contribution in [3.05, 3.63) is 30.6 Å². The van der Waals surface area contributed by atoms with Crippen LogP contribution in [0.3, 0.4) is 0 Å². The summed E-state index contributed by atoms with van der Waals surface area (Å²) in [4.78, 5) is 11.9. The van der Waals surface area contributed by atoms with Crippen molar-refractivity contribution in [1.82, 2.24) is 19.5 Å². The minimum atomic E-state index is -2.58. The smallest absolute Gasteiger partial charge is 0.399 e. The third-order valence-electron chi connectivity index (χ3n) is 3.86. The van der Waals surface area contributed by atoms with Crippen molar-refractivity contribution in [1.29, 1.82) is 0 Å². The molecule has 1 aliphatic rings. The van der Waals surface area contributed by atoms with Gasteiger partial charge in [-0.25, -0.2) is 15.0 Å². The van der Waals surface area contributed by atoms with Gasteiger partial charge < -0.3 is 9.31 Å². The normalized spacial score (nSPS) is 24.0. The van der Waals surface area contributed by atoms with E-state index in [2.05, 4.69) is 15.0 Å². The van der Waals surface area contributed by atoms with E-state index in [4.69, 9.17) is 16.2 Å². The van der Waals surface area contributed by atoms with Gasteiger partial charge in [0.05, 0.1) is 18.3 Å². The Morgan fingerprint density at radius 1 is 1.14 bits per heavy atom. The zero-order valence-corrected chi connectivity index (χ0v) is 12.3. The number of nitrogens with zero attached hydrogens (tertiary/aromatic N) is 4. The fraction of sp³-hybridized carbons (Fsp3) is 0.500. The summed E-state index contributed by atoms with van der Waals surface area (Å²) in [6, 6.07) is 0. The van der Waals surface area contributed by atoms with Gasteiger partial charge in [-0.15, -0.1) is 0 Å². The molecule has 1 aliphatic heterocycles. The molecule has 0 bridgehead atoms. The van der Waals surface area contributed by atoms with E-state index in [0.29, 0.717) is 5.46 Å². The summed E-state index contributed by atoms with van der Waals surface area (Å²) in [7, 11) is -0.638. The maximum atomic E-state index is 7.98. The van der Waals surface area contributed by atoms with Gasteiger partial charge in [-0.1, -0.05) is 0 Å². The lowest BCUT2D eigenvalue weighted by atomic mass is 9.81. The molecule has 6 nitrogen and oxygen atoms in total. The molecular formula is C14H19BN4O2. The molecule has 0 amide bonds. The van der Waals surface area contributed by atoms with Gasteiger partial charge in [0.25, 0.3) is 0 Å². The van der Waals surface area contributed by atoms with E-state index in [9.17, 15) is 0 Å². The largest absolute Gasteiger partial charge is 0.498 e. The van der Waals surface area contributed by atoms with Gasteiger partial charge in [-0.05, 0) is 34.5 Å². The standard InChI is InChI=1S/C14H19BN4O2/c1-10-8-19(9-18-10)12-16-6-11(7-17-12)15-20-13(2,3)14(4,5)21-15/h6-9H,1-5H3/i1D3,8D,9D. The van der Waals surface area contributed by atoms with Crippen molar-refractivity contribution in [3.63, 3.8) is 0 Å². The Morgan fingerprint density at radius 2 is 1.76 bits per heavy atom. The zero-order chi connectivity index (χ0) is 19.5. The Labute approximate surface area is 131 Å². The number of imidazole rings is 1. The quantitative estimate of drug-likeness (QED) is 0.780. The Hall–Kier alpha value is -1.73. The average molecular weight is 291 g/mol. The summed E-state index contributed by atoms with van der Waals surface area (Å²) in [6.45, 7) is 5.15. The molecule has 0 radical (unpaired) electrons. The van der Waals surface area contributed by atoms with E-state index in [-0.39, 0.29) is 5.95 Å². The van der Waals surface area contributed by atoms with E-state index in [1.165, 1.54) is 12.4 Å². The molecule has 21 heavy (non-hydrogen) atoms. The Balaban J connectivity index is 1.92. The summed E-state index contributed by atoms with van der Waals surface area (Å²) >= 11 is 0. The fourth-order valence-electron chi connectivity index (χ4n) is 1.90. The first-order valence-electron chi connectivity index (χ1n) is 9.08. The van der Waals surface area contributed by atoms with Crippen molar-refractivity contribution in [2.45, 2.75) is 45.7 Å². The number of hydrogen-bond donors (Lipinski definition) is 0. The highest BCUT2D eigenvalue weighted by molar-refractivity contribution is 6.61. The van der Waals surface area contributed by atoms with Crippen LogP contribution in [-0.2, 0) is 9.31 Å². The highest BCUT2D eigenvalue weighted by Gasteiger charge is 2.51. The summed E-state index contributed by atoms with van der Waals surface area (Å²) in [6.07, 6.45) is 2.10. The molecule has 1 saturated heterocycles. The van der Waals surface area contributed by atoms with Gasteiger partial charge >= 0.3 is 7.12 Å². The fourth-order valence-corrected chi connectivity index (χ4v) is 1.90. The molecule has 0 aliphatic carbocycles. The lowest BCUT2D eigenvalue weighted by Crippen LogP contribution is -2.41. The molecule has 0 unspecified atom stereocenters. The predicted molar refractivity (Wildman–Crippen MR) is 79.6 cm³/mol. The van der Waals surface area contributed by atoms with Gasteiger partial charge in [0.15, 0.2) is 0 Å². The van der Waals surface area contributed by atoms with Crippen molar-refractivity contribution >= 4 is 12.6 Å². The van der Waals surface area contributed by atoms with Crippen molar-refractivity contribution in [3.8, 4) is 5.95 Å². The van der Waals surface area contributed by atoms with Crippen LogP contribution in [0.25, 0.3) is 5.95 Å². The van der Waals surface area contributed by atoms with Gasteiger partial charge in [0.1, 0.15) is 7.67 Å². The Morgan fingerprint density at radius 3 is 2.29 bits per heavy atom. The van der Waals surface area contributed by atoms with Crippen molar-refractivity contribution in [2.75, 3.05) is 0 Å². The summed E-state index contributed by atoms with van der Waals surface area (Å²) in [5, 5.41) is 0. The van der Waals surface area contributed by atoms with Crippen LogP contribution in [0.1, 0.15) is 40.2 Å². The minimum absolute atomic E-state index is 0.0109. The first-order valence-corrected chi connectivity index (χ1v) is 6.58. The van der Waals surface area contributed by atoms with E-state index in [1.807, 2.05) is 27.7 Å². The zero-order valence-electron chi connectivity index (χ0n) is 17.3. The van der Waals surface area contributed by atoms with Gasteiger partial charge in [0, 0.05) is 28.1 Å². The number of rotatable bonds is 2. The summed E-state index contributed by atoms with van der Waals surface area (Å²) in [5.41, 5.74) is -0.876. The maximum absolute atomic E-state index is 7.98. The van der Waals surface area contributed by atoms with Gasteiger partial charge in [-0.2, -0.15) is 0 Å². The van der Waals surface area contributed by atoms with Gasteiger partial charge in [-0.3, -0.25) is 4.57 Å². The van der Waals surface area contributed by atoms with Crippen molar-refractivity contribution in [2.24, 2.45) is 0 Å². The first-order chi connectivity index (χ1) is 11.8.